The van der Waals surface area contributed by atoms with Crippen LogP contribution in [0.15, 0.2) is 42.7 Å². The zero-order valence-corrected chi connectivity index (χ0v) is 33.8. The van der Waals surface area contributed by atoms with E-state index in [1.165, 1.54) is 17.2 Å². The van der Waals surface area contributed by atoms with Crippen LogP contribution >= 0.6 is 11.6 Å². The Kier molecular flexibility index (Phi) is 10.4. The fourth-order valence-corrected chi connectivity index (χ4v) is 10.4. The van der Waals surface area contributed by atoms with Crippen LogP contribution in [0.25, 0.3) is 0 Å². The molecule has 5 aliphatic heterocycles. The molecule has 1 atom stereocenters. The summed E-state index contributed by atoms with van der Waals surface area (Å²) in [5.74, 6) is -1.68. The minimum absolute atomic E-state index is 0.00107. The number of ether oxygens (including phenoxy) is 1. The van der Waals surface area contributed by atoms with Gasteiger partial charge in [0, 0.05) is 69.8 Å². The zero-order chi connectivity index (χ0) is 41.9. The summed E-state index contributed by atoms with van der Waals surface area (Å²) in [4.78, 5) is 83.6. The van der Waals surface area contributed by atoms with E-state index in [1.54, 1.807) is 24.4 Å². The lowest BCUT2D eigenvalue weighted by molar-refractivity contribution is -0.155. The van der Waals surface area contributed by atoms with Gasteiger partial charge in [0.1, 0.15) is 35.2 Å². The summed E-state index contributed by atoms with van der Waals surface area (Å²) < 4.78 is 22.0. The lowest BCUT2D eigenvalue weighted by Gasteiger charge is -2.50. The first-order valence-electron chi connectivity index (χ1n) is 20.7. The van der Waals surface area contributed by atoms with Crippen molar-refractivity contribution in [1.29, 1.82) is 5.26 Å². The second-order valence-electron chi connectivity index (χ2n) is 17.2. The Morgan fingerprint density at radius 2 is 1.63 bits per heavy atom. The van der Waals surface area contributed by atoms with E-state index in [0.717, 1.165) is 68.8 Å². The predicted octanol–water partition coefficient (Wildman–Crippen LogP) is 4.17. The number of imide groups is 2. The fourth-order valence-electron chi connectivity index (χ4n) is 10.2. The molecule has 9 rings (SSSR count). The van der Waals surface area contributed by atoms with E-state index in [1.807, 2.05) is 11.0 Å². The number of hydrogen-bond donors (Lipinski definition) is 1. The maximum absolute atomic E-state index is 15.9. The Balaban J connectivity index is 0.789. The van der Waals surface area contributed by atoms with E-state index in [-0.39, 0.29) is 52.8 Å². The molecule has 1 aromatic heterocycles. The number of primary amides is 1. The molecule has 2 aromatic carbocycles. The van der Waals surface area contributed by atoms with Crippen LogP contribution in [0.5, 0.6) is 5.75 Å². The number of fused-ring (bicyclic) bond motifs is 1. The summed E-state index contributed by atoms with van der Waals surface area (Å²) in [6, 6.07) is 7.92. The highest BCUT2D eigenvalue weighted by Gasteiger charge is 2.51. The number of carbonyl (C=O) groups excluding carboxylic acids is 5. The molecule has 0 radical (unpaired) electrons. The van der Waals surface area contributed by atoms with Crippen LogP contribution in [0.3, 0.4) is 0 Å². The molecule has 1 unspecified atom stereocenters. The molecule has 17 heteroatoms. The van der Waals surface area contributed by atoms with Gasteiger partial charge in [0.2, 0.25) is 5.91 Å². The molecule has 6 heterocycles. The van der Waals surface area contributed by atoms with Crippen molar-refractivity contribution in [3.8, 4) is 11.8 Å². The van der Waals surface area contributed by atoms with Gasteiger partial charge in [-0.15, -0.1) is 0 Å². The van der Waals surface area contributed by atoms with Gasteiger partial charge in [-0.1, -0.05) is 11.6 Å². The van der Waals surface area contributed by atoms with Crippen LogP contribution in [0.1, 0.15) is 94.6 Å². The average molecular weight is 838 g/mol. The predicted molar refractivity (Wildman–Crippen MR) is 216 cm³/mol. The number of piperidine rings is 2. The lowest BCUT2D eigenvalue weighted by atomic mass is 9.78. The second-order valence-corrected chi connectivity index (χ2v) is 17.6. The first kappa shape index (κ1) is 39.8. The normalized spacial score (nSPS) is 24.5. The summed E-state index contributed by atoms with van der Waals surface area (Å²) in [5.41, 5.74) is 6.08. The maximum Gasteiger partial charge on any atom is 0.268 e. The number of anilines is 2. The third-order valence-electron chi connectivity index (χ3n) is 13.3. The third-order valence-corrected chi connectivity index (χ3v) is 13.6. The topological polar surface area (TPSA) is 186 Å². The number of rotatable bonds is 9. The van der Waals surface area contributed by atoms with Gasteiger partial charge in [0.25, 0.3) is 23.6 Å². The highest BCUT2D eigenvalue weighted by molar-refractivity contribution is 6.31. The van der Waals surface area contributed by atoms with E-state index in [4.69, 9.17) is 27.3 Å². The van der Waals surface area contributed by atoms with Gasteiger partial charge in [-0.25, -0.2) is 14.4 Å². The van der Waals surface area contributed by atoms with Crippen molar-refractivity contribution in [1.82, 2.24) is 24.7 Å². The number of carbonyl (C=O) groups is 5. The number of amides is 5. The van der Waals surface area contributed by atoms with E-state index < -0.39 is 41.5 Å². The third kappa shape index (κ3) is 7.31. The van der Waals surface area contributed by atoms with Crippen LogP contribution in [0.4, 0.5) is 15.9 Å². The highest BCUT2D eigenvalue weighted by atomic mass is 35.5. The van der Waals surface area contributed by atoms with E-state index >= 15 is 4.39 Å². The molecule has 0 bridgehead atoms. The number of halogens is 2. The molecule has 1 aliphatic carbocycles. The molecule has 1 spiro atoms. The number of aromatic nitrogens is 2. The van der Waals surface area contributed by atoms with Crippen LogP contribution in [-0.4, -0.2) is 118 Å². The summed E-state index contributed by atoms with van der Waals surface area (Å²) in [5, 5.41) is 9.45. The fraction of sp³-hybridized carbons (Fsp3) is 0.488. The number of nitrogens with two attached hydrogens (primary N) is 1. The smallest absolute Gasteiger partial charge is 0.268 e. The molecule has 15 nitrogen and oxygen atoms in total. The molecule has 1 saturated carbocycles. The van der Waals surface area contributed by atoms with Gasteiger partial charge in [-0.05, 0) is 81.5 Å². The molecule has 5 amide bonds. The van der Waals surface area contributed by atoms with Gasteiger partial charge in [0.05, 0.1) is 45.9 Å². The summed E-state index contributed by atoms with van der Waals surface area (Å²) in [6.45, 7) is 5.74. The first-order valence-corrected chi connectivity index (χ1v) is 21.1. The standard InChI is InChI=1S/C43H45ClFN9O6/c44-32-15-29(4-1-26(32)18-46)60-28-5-2-27(3-6-28)53-38(55)8-7-35(42(53)59)54-40(57)30-16-33(45)36(17-31(30)41(54)58)52-14-11-43(24-52)22-50(23-43)21-25-9-12-51(13-10-25)37-20-48-34(19-49-37)39(47)56/h1,4,15-17,19-20,25,27-28,35H,2-3,5-14,21-24H2,(H2,47,56). The van der Waals surface area contributed by atoms with Crippen molar-refractivity contribution >= 4 is 52.6 Å². The summed E-state index contributed by atoms with van der Waals surface area (Å²) in [7, 11) is 0. The van der Waals surface area contributed by atoms with Crippen molar-refractivity contribution < 1.29 is 33.1 Å². The minimum atomic E-state index is -1.16. The summed E-state index contributed by atoms with van der Waals surface area (Å²) in [6.07, 6.45) is 7.82. The molecule has 3 aromatic rings. The second kappa shape index (κ2) is 15.7. The van der Waals surface area contributed by atoms with Gasteiger partial charge in [0.15, 0.2) is 0 Å². The number of hydrogen-bond acceptors (Lipinski definition) is 12. The monoisotopic (exact) mass is 837 g/mol. The Morgan fingerprint density at radius 1 is 0.900 bits per heavy atom. The minimum Gasteiger partial charge on any atom is -0.490 e. The van der Waals surface area contributed by atoms with Crippen LogP contribution in [0, 0.1) is 28.5 Å². The molecule has 312 valence electrons. The van der Waals surface area contributed by atoms with Crippen LogP contribution in [-0.2, 0) is 9.59 Å². The molecule has 5 fully saturated rings. The Hall–Kier alpha value is -5.66. The largest absolute Gasteiger partial charge is 0.490 e. The van der Waals surface area contributed by atoms with Crippen molar-refractivity contribution in [2.45, 2.75) is 76.0 Å². The van der Waals surface area contributed by atoms with Gasteiger partial charge < -0.3 is 25.2 Å². The Morgan fingerprint density at radius 3 is 2.30 bits per heavy atom. The van der Waals surface area contributed by atoms with Crippen molar-refractivity contribution in [3.05, 3.63) is 75.9 Å². The SMILES string of the molecule is N#Cc1ccc(OC2CCC(N3C(=O)CCC(N4C(=O)c5cc(F)c(N6CCC7(CN(CC8CCN(c9cnc(C(N)=O)cn9)CC8)C7)C6)cc5C4=O)C3=O)CC2)cc1Cl. The van der Waals surface area contributed by atoms with E-state index in [2.05, 4.69) is 19.8 Å². The molecular formula is C43H45ClFN9O6. The van der Waals surface area contributed by atoms with Gasteiger partial charge >= 0.3 is 0 Å². The zero-order valence-electron chi connectivity index (χ0n) is 33.0. The van der Waals surface area contributed by atoms with Gasteiger partial charge in [-0.2, -0.15) is 5.26 Å². The molecule has 2 N–H and O–H groups in total. The van der Waals surface area contributed by atoms with Crippen LogP contribution < -0.4 is 20.3 Å². The lowest BCUT2D eigenvalue weighted by Crippen LogP contribution is -2.59. The molecule has 4 saturated heterocycles. The van der Waals surface area contributed by atoms with E-state index in [0.29, 0.717) is 61.0 Å². The maximum atomic E-state index is 15.9. The highest BCUT2D eigenvalue weighted by Crippen LogP contribution is 2.44. The molecular weight excluding hydrogens is 793 g/mol. The van der Waals surface area contributed by atoms with Crippen molar-refractivity contribution in [2.75, 3.05) is 55.6 Å². The average Bonchev–Trinajstić information content (AvgIpc) is 3.77. The van der Waals surface area contributed by atoms with Gasteiger partial charge in [-0.3, -0.25) is 33.8 Å². The Bertz CT molecular complexity index is 2300. The van der Waals surface area contributed by atoms with Crippen molar-refractivity contribution in [3.63, 3.8) is 0 Å². The molecule has 6 aliphatic rings. The molecule has 60 heavy (non-hydrogen) atoms. The summed E-state index contributed by atoms with van der Waals surface area (Å²) >= 11 is 6.17. The first-order chi connectivity index (χ1) is 28.9. The number of nitrogens with zero attached hydrogens (tertiary/aromatic N) is 8. The quantitative estimate of drug-likeness (QED) is 0.304. The van der Waals surface area contributed by atoms with E-state index in [9.17, 15) is 24.0 Å². The number of likely N-dealkylation sites (tertiary alicyclic amines) is 2. The number of nitriles is 1. The van der Waals surface area contributed by atoms with Crippen molar-refractivity contribution in [2.24, 2.45) is 17.1 Å². The Labute approximate surface area is 351 Å². The number of benzene rings is 2. The van der Waals surface area contributed by atoms with Crippen LogP contribution in [0.2, 0.25) is 5.02 Å².